The van der Waals surface area contributed by atoms with Crippen LogP contribution in [0.2, 0.25) is 0 Å². The van der Waals surface area contributed by atoms with Crippen molar-refractivity contribution in [2.75, 3.05) is 26.9 Å². The Labute approximate surface area is 116 Å². The lowest BCUT2D eigenvalue weighted by Crippen LogP contribution is -2.38. The molecule has 1 aliphatic carbocycles. The molecule has 4 nitrogen and oxygen atoms in total. The van der Waals surface area contributed by atoms with E-state index in [1.54, 1.807) is 7.11 Å². The van der Waals surface area contributed by atoms with Gasteiger partial charge in [-0.2, -0.15) is 0 Å². The van der Waals surface area contributed by atoms with Gasteiger partial charge in [0.1, 0.15) is 0 Å². The van der Waals surface area contributed by atoms with Crippen molar-refractivity contribution in [2.45, 2.75) is 52.4 Å². The number of hydrogen-bond acceptors (Lipinski definition) is 3. The number of rotatable bonds is 8. The summed E-state index contributed by atoms with van der Waals surface area (Å²) in [5, 5.41) is 9.52. The number of hydrogen-bond donors (Lipinski definition) is 1. The standard InChI is InChI=1S/C15H28O4/c1-14(2)5-7-15(8-6-14,13(16)17)9-12-19-11-4-10-18-3/h4-12H2,1-3H3,(H,16,17). The van der Waals surface area contributed by atoms with Gasteiger partial charge in [-0.3, -0.25) is 4.79 Å². The van der Waals surface area contributed by atoms with Gasteiger partial charge in [0, 0.05) is 26.9 Å². The van der Waals surface area contributed by atoms with Crippen LogP contribution < -0.4 is 0 Å². The molecule has 0 radical (unpaired) electrons. The second-order valence-corrected chi connectivity index (χ2v) is 6.46. The van der Waals surface area contributed by atoms with Gasteiger partial charge in [0.05, 0.1) is 5.41 Å². The molecule has 1 aliphatic rings. The molecule has 1 rings (SSSR count). The minimum absolute atomic E-state index is 0.290. The Morgan fingerprint density at radius 3 is 2.26 bits per heavy atom. The Morgan fingerprint density at radius 1 is 1.11 bits per heavy atom. The van der Waals surface area contributed by atoms with Crippen molar-refractivity contribution in [3.05, 3.63) is 0 Å². The summed E-state index contributed by atoms with van der Waals surface area (Å²) in [4.78, 5) is 11.6. The maximum atomic E-state index is 11.6. The smallest absolute Gasteiger partial charge is 0.309 e. The molecule has 0 aromatic rings. The fourth-order valence-electron chi connectivity index (χ4n) is 2.65. The van der Waals surface area contributed by atoms with E-state index in [4.69, 9.17) is 9.47 Å². The van der Waals surface area contributed by atoms with Gasteiger partial charge in [0.15, 0.2) is 0 Å². The first-order valence-electron chi connectivity index (χ1n) is 7.22. The topological polar surface area (TPSA) is 55.8 Å². The Hall–Kier alpha value is -0.610. The van der Waals surface area contributed by atoms with E-state index in [1.165, 1.54) is 0 Å². The van der Waals surface area contributed by atoms with Crippen LogP contribution in [0.1, 0.15) is 52.4 Å². The van der Waals surface area contributed by atoms with Crippen LogP contribution in [0.5, 0.6) is 0 Å². The molecule has 0 aliphatic heterocycles. The summed E-state index contributed by atoms with van der Waals surface area (Å²) in [7, 11) is 1.67. The van der Waals surface area contributed by atoms with Crippen LogP contribution in [0, 0.1) is 10.8 Å². The van der Waals surface area contributed by atoms with Crippen molar-refractivity contribution < 1.29 is 19.4 Å². The largest absolute Gasteiger partial charge is 0.481 e. The predicted octanol–water partition coefficient (Wildman–Crippen LogP) is 3.10. The molecule has 0 aromatic carbocycles. The zero-order chi connectivity index (χ0) is 14.4. The van der Waals surface area contributed by atoms with E-state index in [2.05, 4.69) is 13.8 Å². The zero-order valence-electron chi connectivity index (χ0n) is 12.5. The monoisotopic (exact) mass is 272 g/mol. The second kappa shape index (κ2) is 7.25. The van der Waals surface area contributed by atoms with Crippen LogP contribution in [0.15, 0.2) is 0 Å². The molecule has 112 valence electrons. The highest BCUT2D eigenvalue weighted by atomic mass is 16.5. The predicted molar refractivity (Wildman–Crippen MR) is 74.2 cm³/mol. The number of methoxy groups -OCH3 is 1. The molecule has 1 saturated carbocycles. The van der Waals surface area contributed by atoms with E-state index in [0.29, 0.717) is 26.2 Å². The first kappa shape index (κ1) is 16.4. The minimum Gasteiger partial charge on any atom is -0.481 e. The molecule has 0 saturated heterocycles. The maximum Gasteiger partial charge on any atom is 0.309 e. The highest BCUT2D eigenvalue weighted by Gasteiger charge is 2.43. The third kappa shape index (κ3) is 5.11. The zero-order valence-corrected chi connectivity index (χ0v) is 12.5. The number of carboxylic acids is 1. The van der Waals surface area contributed by atoms with Crippen LogP contribution in [0.25, 0.3) is 0 Å². The van der Waals surface area contributed by atoms with Gasteiger partial charge in [-0.25, -0.2) is 0 Å². The van der Waals surface area contributed by atoms with Gasteiger partial charge in [-0.05, 0) is 43.9 Å². The molecular weight excluding hydrogens is 244 g/mol. The van der Waals surface area contributed by atoms with E-state index in [0.717, 1.165) is 32.1 Å². The molecule has 0 atom stereocenters. The number of carbonyl (C=O) groups is 1. The number of aliphatic carboxylic acids is 1. The average molecular weight is 272 g/mol. The van der Waals surface area contributed by atoms with E-state index in [1.807, 2.05) is 0 Å². The molecule has 0 unspecified atom stereocenters. The van der Waals surface area contributed by atoms with E-state index < -0.39 is 11.4 Å². The van der Waals surface area contributed by atoms with Gasteiger partial charge in [-0.15, -0.1) is 0 Å². The Bertz CT molecular complexity index is 276. The molecule has 19 heavy (non-hydrogen) atoms. The van der Waals surface area contributed by atoms with Gasteiger partial charge in [0.2, 0.25) is 0 Å². The van der Waals surface area contributed by atoms with Crippen molar-refractivity contribution >= 4 is 5.97 Å². The summed E-state index contributed by atoms with van der Waals surface area (Å²) in [5.41, 5.74) is -0.269. The fraction of sp³-hybridized carbons (Fsp3) is 0.933. The summed E-state index contributed by atoms with van der Waals surface area (Å²) in [5.74, 6) is -0.650. The minimum atomic E-state index is -0.650. The average Bonchev–Trinajstić information content (AvgIpc) is 2.35. The number of carboxylic acid groups (broad SMARTS) is 1. The van der Waals surface area contributed by atoms with Crippen LogP contribution in [0.3, 0.4) is 0 Å². The van der Waals surface area contributed by atoms with Crippen LogP contribution in [-0.2, 0) is 14.3 Å². The second-order valence-electron chi connectivity index (χ2n) is 6.46. The molecule has 0 spiro atoms. The normalized spacial score (nSPS) is 21.2. The third-order valence-corrected chi connectivity index (χ3v) is 4.38. The van der Waals surface area contributed by atoms with Crippen molar-refractivity contribution in [3.8, 4) is 0 Å². The molecule has 1 fully saturated rings. The molecule has 1 N–H and O–H groups in total. The first-order valence-corrected chi connectivity index (χ1v) is 7.22. The summed E-state index contributed by atoms with van der Waals surface area (Å²) in [6, 6.07) is 0. The summed E-state index contributed by atoms with van der Waals surface area (Å²) >= 11 is 0. The van der Waals surface area contributed by atoms with E-state index >= 15 is 0 Å². The van der Waals surface area contributed by atoms with Gasteiger partial charge in [-0.1, -0.05) is 13.8 Å². The molecule has 0 bridgehead atoms. The summed E-state index contributed by atoms with van der Waals surface area (Å²) in [6.45, 7) is 6.32. The maximum absolute atomic E-state index is 11.6. The molecule has 0 heterocycles. The highest BCUT2D eigenvalue weighted by molar-refractivity contribution is 5.74. The SMILES string of the molecule is COCCCOCCC1(C(=O)O)CCC(C)(C)CC1. The third-order valence-electron chi connectivity index (χ3n) is 4.38. The van der Waals surface area contributed by atoms with Gasteiger partial charge < -0.3 is 14.6 Å². The molecule has 0 amide bonds. The van der Waals surface area contributed by atoms with Crippen molar-refractivity contribution in [1.82, 2.24) is 0 Å². The Morgan fingerprint density at radius 2 is 1.74 bits per heavy atom. The lowest BCUT2D eigenvalue weighted by atomic mass is 9.64. The van der Waals surface area contributed by atoms with Gasteiger partial charge in [0.25, 0.3) is 0 Å². The Balaban J connectivity index is 2.35. The lowest BCUT2D eigenvalue weighted by Gasteiger charge is -2.40. The summed E-state index contributed by atoms with van der Waals surface area (Å²) < 4.78 is 10.5. The van der Waals surface area contributed by atoms with Crippen LogP contribution in [0.4, 0.5) is 0 Å². The van der Waals surface area contributed by atoms with Crippen molar-refractivity contribution in [1.29, 1.82) is 0 Å². The molecule has 0 aromatic heterocycles. The highest BCUT2D eigenvalue weighted by Crippen LogP contribution is 2.47. The quantitative estimate of drug-likeness (QED) is 0.690. The first-order chi connectivity index (χ1) is 8.92. The molecular formula is C15H28O4. The van der Waals surface area contributed by atoms with E-state index in [-0.39, 0.29) is 5.41 Å². The van der Waals surface area contributed by atoms with Gasteiger partial charge >= 0.3 is 5.97 Å². The van der Waals surface area contributed by atoms with Crippen molar-refractivity contribution in [2.24, 2.45) is 10.8 Å². The van der Waals surface area contributed by atoms with Crippen LogP contribution >= 0.6 is 0 Å². The van der Waals surface area contributed by atoms with E-state index in [9.17, 15) is 9.90 Å². The fourth-order valence-corrected chi connectivity index (χ4v) is 2.65. The number of ether oxygens (including phenoxy) is 2. The van der Waals surface area contributed by atoms with Crippen molar-refractivity contribution in [3.63, 3.8) is 0 Å². The lowest BCUT2D eigenvalue weighted by molar-refractivity contribution is -0.154. The van der Waals surface area contributed by atoms with Crippen LogP contribution in [-0.4, -0.2) is 38.0 Å². The molecule has 4 heteroatoms. The Kier molecular flexibility index (Phi) is 6.27. The summed E-state index contributed by atoms with van der Waals surface area (Å²) in [6.07, 6.45) is 5.02.